The molecule has 25 heavy (non-hydrogen) atoms. The molecule has 1 N–H and O–H groups in total. The Morgan fingerprint density at radius 2 is 1.60 bits per heavy atom. The van der Waals surface area contributed by atoms with Crippen molar-refractivity contribution in [3.05, 3.63) is 54.1 Å². The van der Waals surface area contributed by atoms with E-state index >= 15 is 0 Å². The van der Waals surface area contributed by atoms with Gasteiger partial charge >= 0.3 is 0 Å². The fourth-order valence-electron chi connectivity index (χ4n) is 2.55. The first-order valence-corrected chi connectivity index (χ1v) is 9.00. The average molecular weight is 340 g/mol. The minimum atomic E-state index is -0.120. The quantitative estimate of drug-likeness (QED) is 0.738. The summed E-state index contributed by atoms with van der Waals surface area (Å²) >= 11 is 0. The Kier molecular flexibility index (Phi) is 6.87. The Labute approximate surface area is 150 Å². The van der Waals surface area contributed by atoms with Crippen molar-refractivity contribution in [3.63, 3.8) is 0 Å². The van der Waals surface area contributed by atoms with Gasteiger partial charge in [0.05, 0.1) is 6.10 Å². The molecule has 0 saturated carbocycles. The SMILES string of the molecule is CCC(C)Oc1ccc(C(=O)Nc2ccc(N(CC)CC)cc2)cc1. The summed E-state index contributed by atoms with van der Waals surface area (Å²) < 4.78 is 5.74. The molecule has 0 aromatic heterocycles. The molecule has 0 bridgehead atoms. The zero-order valence-electron chi connectivity index (χ0n) is 15.6. The molecule has 1 unspecified atom stereocenters. The average Bonchev–Trinajstić information content (AvgIpc) is 2.64. The summed E-state index contributed by atoms with van der Waals surface area (Å²) in [6.07, 6.45) is 1.12. The normalized spacial score (nSPS) is 11.7. The summed E-state index contributed by atoms with van der Waals surface area (Å²) in [5.41, 5.74) is 2.57. The smallest absolute Gasteiger partial charge is 0.255 e. The van der Waals surface area contributed by atoms with Crippen LogP contribution in [0.25, 0.3) is 0 Å². The van der Waals surface area contributed by atoms with Crippen LogP contribution in [0, 0.1) is 0 Å². The lowest BCUT2D eigenvalue weighted by Crippen LogP contribution is -2.21. The van der Waals surface area contributed by atoms with Gasteiger partial charge in [0, 0.05) is 30.0 Å². The summed E-state index contributed by atoms with van der Waals surface area (Å²) in [6.45, 7) is 10.3. The van der Waals surface area contributed by atoms with Gasteiger partial charge in [0.2, 0.25) is 0 Å². The Morgan fingerprint density at radius 3 is 2.12 bits per heavy atom. The van der Waals surface area contributed by atoms with Gasteiger partial charge in [-0.1, -0.05) is 6.92 Å². The number of carbonyl (C=O) groups is 1. The van der Waals surface area contributed by atoms with Crippen LogP contribution in [0.5, 0.6) is 5.75 Å². The molecule has 0 aliphatic carbocycles. The maximum atomic E-state index is 12.4. The lowest BCUT2D eigenvalue weighted by Gasteiger charge is -2.21. The van der Waals surface area contributed by atoms with Gasteiger partial charge in [-0.3, -0.25) is 4.79 Å². The van der Waals surface area contributed by atoms with Gasteiger partial charge in [0.1, 0.15) is 5.75 Å². The van der Waals surface area contributed by atoms with Crippen molar-refractivity contribution < 1.29 is 9.53 Å². The van der Waals surface area contributed by atoms with Crippen molar-refractivity contribution in [3.8, 4) is 5.75 Å². The number of nitrogens with zero attached hydrogens (tertiary/aromatic N) is 1. The molecule has 0 aliphatic heterocycles. The minimum absolute atomic E-state index is 0.120. The number of nitrogens with one attached hydrogen (secondary N) is 1. The van der Waals surface area contributed by atoms with Gasteiger partial charge in [0.15, 0.2) is 0 Å². The number of benzene rings is 2. The van der Waals surface area contributed by atoms with Crippen LogP contribution in [0.2, 0.25) is 0 Å². The van der Waals surface area contributed by atoms with E-state index in [9.17, 15) is 4.79 Å². The summed E-state index contributed by atoms with van der Waals surface area (Å²) in [5, 5.41) is 2.93. The van der Waals surface area contributed by atoms with Crippen LogP contribution >= 0.6 is 0 Å². The third-order valence-corrected chi connectivity index (χ3v) is 4.28. The van der Waals surface area contributed by atoms with Crippen molar-refractivity contribution in [2.75, 3.05) is 23.3 Å². The number of hydrogen-bond donors (Lipinski definition) is 1. The molecule has 2 rings (SSSR count). The molecule has 2 aromatic carbocycles. The second kappa shape index (κ2) is 9.11. The largest absolute Gasteiger partial charge is 0.491 e. The van der Waals surface area contributed by atoms with Gasteiger partial charge in [-0.15, -0.1) is 0 Å². The standard InChI is InChI=1S/C21H28N2O2/c1-5-16(4)25-20-14-8-17(9-15-20)21(24)22-18-10-12-19(13-11-18)23(6-2)7-3/h8-16H,5-7H2,1-4H3,(H,22,24). The number of ether oxygens (including phenoxy) is 1. The van der Waals surface area contributed by atoms with E-state index in [1.807, 2.05) is 43.3 Å². The van der Waals surface area contributed by atoms with E-state index in [-0.39, 0.29) is 12.0 Å². The van der Waals surface area contributed by atoms with Gasteiger partial charge in [-0.2, -0.15) is 0 Å². The van der Waals surface area contributed by atoms with Crippen LogP contribution in [0.1, 0.15) is 44.5 Å². The molecule has 2 aromatic rings. The summed E-state index contributed by atoms with van der Waals surface area (Å²) in [5.74, 6) is 0.667. The van der Waals surface area contributed by atoms with Crippen molar-refractivity contribution in [2.45, 2.75) is 40.2 Å². The Bertz CT molecular complexity index is 661. The fourth-order valence-corrected chi connectivity index (χ4v) is 2.55. The molecule has 0 radical (unpaired) electrons. The second-order valence-electron chi connectivity index (χ2n) is 6.03. The molecule has 0 saturated heterocycles. The second-order valence-corrected chi connectivity index (χ2v) is 6.03. The van der Waals surface area contributed by atoms with Crippen LogP contribution in [-0.4, -0.2) is 25.1 Å². The maximum absolute atomic E-state index is 12.4. The Hall–Kier alpha value is -2.49. The van der Waals surface area contributed by atoms with E-state index in [4.69, 9.17) is 4.74 Å². The lowest BCUT2D eigenvalue weighted by atomic mass is 10.2. The van der Waals surface area contributed by atoms with E-state index in [1.165, 1.54) is 0 Å². The number of rotatable bonds is 8. The highest BCUT2D eigenvalue weighted by molar-refractivity contribution is 6.04. The van der Waals surface area contributed by atoms with Gasteiger partial charge in [-0.25, -0.2) is 0 Å². The molecule has 1 atom stereocenters. The van der Waals surface area contributed by atoms with Crippen molar-refractivity contribution >= 4 is 17.3 Å². The van der Waals surface area contributed by atoms with E-state index < -0.39 is 0 Å². The van der Waals surface area contributed by atoms with Crippen LogP contribution in [0.3, 0.4) is 0 Å². The zero-order chi connectivity index (χ0) is 18.2. The molecule has 4 heteroatoms. The molecule has 0 spiro atoms. The molecule has 134 valence electrons. The fraction of sp³-hybridized carbons (Fsp3) is 0.381. The van der Waals surface area contributed by atoms with E-state index in [0.29, 0.717) is 5.56 Å². The van der Waals surface area contributed by atoms with E-state index in [1.54, 1.807) is 12.1 Å². The highest BCUT2D eigenvalue weighted by Gasteiger charge is 2.08. The topological polar surface area (TPSA) is 41.6 Å². The predicted molar refractivity (Wildman–Crippen MR) is 105 cm³/mol. The van der Waals surface area contributed by atoms with E-state index in [0.717, 1.165) is 36.6 Å². The van der Waals surface area contributed by atoms with Crippen LogP contribution in [0.15, 0.2) is 48.5 Å². The first-order chi connectivity index (χ1) is 12.1. The molecule has 0 aliphatic rings. The van der Waals surface area contributed by atoms with Crippen LogP contribution in [-0.2, 0) is 0 Å². The van der Waals surface area contributed by atoms with Crippen molar-refractivity contribution in [1.82, 2.24) is 0 Å². The first-order valence-electron chi connectivity index (χ1n) is 9.00. The highest BCUT2D eigenvalue weighted by atomic mass is 16.5. The number of anilines is 2. The lowest BCUT2D eigenvalue weighted by molar-refractivity contribution is 0.102. The maximum Gasteiger partial charge on any atom is 0.255 e. The van der Waals surface area contributed by atoms with Crippen LogP contribution < -0.4 is 15.0 Å². The third kappa shape index (κ3) is 5.24. The van der Waals surface area contributed by atoms with Gasteiger partial charge in [-0.05, 0) is 75.7 Å². The summed E-state index contributed by atoms with van der Waals surface area (Å²) in [7, 11) is 0. The van der Waals surface area contributed by atoms with Crippen LogP contribution in [0.4, 0.5) is 11.4 Å². The number of carbonyl (C=O) groups excluding carboxylic acids is 1. The zero-order valence-corrected chi connectivity index (χ0v) is 15.6. The van der Waals surface area contributed by atoms with Gasteiger partial charge < -0.3 is 15.0 Å². The Morgan fingerprint density at radius 1 is 1.00 bits per heavy atom. The number of amides is 1. The van der Waals surface area contributed by atoms with Crippen molar-refractivity contribution in [1.29, 1.82) is 0 Å². The predicted octanol–water partition coefficient (Wildman–Crippen LogP) is 4.96. The first kappa shape index (κ1) is 18.8. The molecular weight excluding hydrogens is 312 g/mol. The summed E-state index contributed by atoms with van der Waals surface area (Å²) in [6, 6.07) is 15.2. The van der Waals surface area contributed by atoms with Gasteiger partial charge in [0.25, 0.3) is 5.91 Å². The highest BCUT2D eigenvalue weighted by Crippen LogP contribution is 2.19. The molecule has 0 heterocycles. The van der Waals surface area contributed by atoms with E-state index in [2.05, 4.69) is 31.0 Å². The molecule has 1 amide bonds. The van der Waals surface area contributed by atoms with Crippen molar-refractivity contribution in [2.24, 2.45) is 0 Å². The monoisotopic (exact) mass is 340 g/mol. The molecule has 4 nitrogen and oxygen atoms in total. The number of hydrogen-bond acceptors (Lipinski definition) is 3. The summed E-state index contributed by atoms with van der Waals surface area (Å²) in [4.78, 5) is 14.6. The minimum Gasteiger partial charge on any atom is -0.491 e. The molecular formula is C21H28N2O2. The third-order valence-electron chi connectivity index (χ3n) is 4.28. The molecule has 0 fully saturated rings. The Balaban J connectivity index is 1.99.